The van der Waals surface area contributed by atoms with E-state index in [1.807, 2.05) is 13.8 Å². The number of hydrogen-bond acceptors (Lipinski definition) is 4. The molecule has 3 amide bonds. The van der Waals surface area contributed by atoms with Gasteiger partial charge in [-0.05, 0) is 42.7 Å². The molecule has 1 aliphatic heterocycles. The van der Waals surface area contributed by atoms with Crippen LogP contribution in [0.25, 0.3) is 0 Å². The van der Waals surface area contributed by atoms with Crippen molar-refractivity contribution in [1.29, 1.82) is 0 Å². The summed E-state index contributed by atoms with van der Waals surface area (Å²) in [5, 5.41) is 2.77. The molecule has 140 valence electrons. The minimum atomic E-state index is -0.355. The van der Waals surface area contributed by atoms with Crippen molar-refractivity contribution < 1.29 is 19.1 Å². The van der Waals surface area contributed by atoms with Crippen LogP contribution in [-0.2, 0) is 0 Å². The van der Waals surface area contributed by atoms with E-state index in [1.54, 1.807) is 43.5 Å². The number of benzene rings is 2. The number of methoxy groups -OCH3 is 1. The first-order chi connectivity index (χ1) is 12.9. The van der Waals surface area contributed by atoms with E-state index in [9.17, 15) is 14.4 Å². The molecule has 0 fully saturated rings. The molecule has 6 nitrogen and oxygen atoms in total. The molecule has 0 bridgehead atoms. The van der Waals surface area contributed by atoms with Gasteiger partial charge < -0.3 is 10.1 Å². The van der Waals surface area contributed by atoms with Crippen LogP contribution in [0.5, 0.6) is 5.75 Å². The molecule has 2 aromatic rings. The van der Waals surface area contributed by atoms with Crippen molar-refractivity contribution in [3.8, 4) is 5.75 Å². The van der Waals surface area contributed by atoms with Gasteiger partial charge in [-0.15, -0.1) is 0 Å². The molecule has 1 heterocycles. The summed E-state index contributed by atoms with van der Waals surface area (Å²) in [6.45, 7) is 4.47. The maximum atomic E-state index is 12.6. The molecular formula is C21H22N2O4. The van der Waals surface area contributed by atoms with Crippen LogP contribution in [0, 0.1) is 5.92 Å². The molecule has 0 saturated carbocycles. The minimum Gasteiger partial charge on any atom is -0.497 e. The third-order valence-electron chi connectivity index (χ3n) is 4.49. The zero-order valence-electron chi connectivity index (χ0n) is 15.6. The van der Waals surface area contributed by atoms with E-state index in [4.69, 9.17) is 4.74 Å². The van der Waals surface area contributed by atoms with Crippen LogP contribution in [0.4, 0.5) is 5.69 Å². The first kappa shape index (κ1) is 18.6. The predicted molar refractivity (Wildman–Crippen MR) is 102 cm³/mol. The van der Waals surface area contributed by atoms with E-state index in [0.717, 1.165) is 6.42 Å². The van der Waals surface area contributed by atoms with Gasteiger partial charge >= 0.3 is 0 Å². The monoisotopic (exact) mass is 366 g/mol. The summed E-state index contributed by atoms with van der Waals surface area (Å²) in [5.74, 6) is 0.0239. The van der Waals surface area contributed by atoms with Crippen LogP contribution in [0.15, 0.2) is 42.5 Å². The average Bonchev–Trinajstić information content (AvgIpc) is 2.90. The van der Waals surface area contributed by atoms with Crippen molar-refractivity contribution in [2.75, 3.05) is 19.0 Å². The van der Waals surface area contributed by atoms with Crippen LogP contribution >= 0.6 is 0 Å². The van der Waals surface area contributed by atoms with Gasteiger partial charge in [-0.3, -0.25) is 19.3 Å². The SMILES string of the molecule is COc1cccc(NC(=O)c2ccc3c(c2)C(=O)N(CCC(C)C)C3=O)c1. The zero-order valence-corrected chi connectivity index (χ0v) is 15.6. The zero-order chi connectivity index (χ0) is 19.6. The maximum Gasteiger partial charge on any atom is 0.261 e. The lowest BCUT2D eigenvalue weighted by Gasteiger charge is -2.14. The third-order valence-corrected chi connectivity index (χ3v) is 4.49. The largest absolute Gasteiger partial charge is 0.497 e. The lowest BCUT2D eigenvalue weighted by Crippen LogP contribution is -2.31. The van der Waals surface area contributed by atoms with Gasteiger partial charge in [0.05, 0.1) is 18.2 Å². The highest BCUT2D eigenvalue weighted by atomic mass is 16.5. The lowest BCUT2D eigenvalue weighted by atomic mass is 10.1. The van der Waals surface area contributed by atoms with Crippen LogP contribution in [0.2, 0.25) is 0 Å². The summed E-state index contributed by atoms with van der Waals surface area (Å²) in [4.78, 5) is 38.8. The summed E-state index contributed by atoms with van der Waals surface area (Å²) in [7, 11) is 1.55. The van der Waals surface area contributed by atoms with Gasteiger partial charge in [0.15, 0.2) is 0 Å². The fourth-order valence-electron chi connectivity index (χ4n) is 2.93. The standard InChI is InChI=1S/C21H22N2O4/c1-13(2)9-10-23-20(25)17-8-7-14(11-18(17)21(23)26)19(24)22-15-5-4-6-16(12-15)27-3/h4-8,11-13H,9-10H2,1-3H3,(H,22,24). The predicted octanol–water partition coefficient (Wildman–Crippen LogP) is 3.59. The quantitative estimate of drug-likeness (QED) is 0.793. The number of amides is 3. The molecule has 0 unspecified atom stereocenters. The number of hydrogen-bond donors (Lipinski definition) is 1. The van der Waals surface area contributed by atoms with E-state index in [2.05, 4.69) is 5.32 Å². The molecule has 1 N–H and O–H groups in total. The van der Waals surface area contributed by atoms with E-state index in [1.165, 1.54) is 11.0 Å². The molecule has 0 spiro atoms. The van der Waals surface area contributed by atoms with Crippen molar-refractivity contribution in [3.63, 3.8) is 0 Å². The Balaban J connectivity index is 1.79. The van der Waals surface area contributed by atoms with Crippen LogP contribution in [-0.4, -0.2) is 36.3 Å². The summed E-state index contributed by atoms with van der Waals surface area (Å²) >= 11 is 0. The third kappa shape index (κ3) is 3.84. The van der Waals surface area contributed by atoms with Gasteiger partial charge in [0.2, 0.25) is 0 Å². The number of carbonyl (C=O) groups is 3. The summed E-state index contributed by atoms with van der Waals surface area (Å²) in [6.07, 6.45) is 0.745. The number of anilines is 1. The van der Waals surface area contributed by atoms with Gasteiger partial charge in [0.1, 0.15) is 5.75 Å². The molecule has 3 rings (SSSR count). The molecule has 0 aliphatic carbocycles. The highest BCUT2D eigenvalue weighted by molar-refractivity contribution is 6.22. The number of rotatable bonds is 6. The minimum absolute atomic E-state index is 0.280. The van der Waals surface area contributed by atoms with Gasteiger partial charge in [0.25, 0.3) is 17.7 Å². The number of carbonyl (C=O) groups excluding carboxylic acids is 3. The van der Waals surface area contributed by atoms with Crippen molar-refractivity contribution in [1.82, 2.24) is 4.90 Å². The number of fused-ring (bicyclic) bond motifs is 1. The van der Waals surface area contributed by atoms with Crippen LogP contribution in [0.3, 0.4) is 0 Å². The van der Waals surface area contributed by atoms with Crippen LogP contribution in [0.1, 0.15) is 51.3 Å². The molecule has 0 radical (unpaired) electrons. The van der Waals surface area contributed by atoms with E-state index in [0.29, 0.717) is 35.0 Å². The second kappa shape index (κ2) is 7.61. The fraction of sp³-hybridized carbons (Fsp3) is 0.286. The molecule has 2 aromatic carbocycles. The molecule has 0 atom stereocenters. The van der Waals surface area contributed by atoms with Gasteiger partial charge in [-0.2, -0.15) is 0 Å². The van der Waals surface area contributed by atoms with Crippen molar-refractivity contribution in [2.24, 2.45) is 5.92 Å². The molecule has 6 heteroatoms. The molecule has 27 heavy (non-hydrogen) atoms. The Labute approximate surface area is 158 Å². The summed E-state index contributed by atoms with van der Waals surface area (Å²) < 4.78 is 5.14. The molecule has 0 saturated heterocycles. The Hall–Kier alpha value is -3.15. The molecule has 0 aromatic heterocycles. The second-order valence-corrected chi connectivity index (χ2v) is 6.89. The molecular weight excluding hydrogens is 344 g/mol. The number of imide groups is 1. The van der Waals surface area contributed by atoms with E-state index >= 15 is 0 Å². The smallest absolute Gasteiger partial charge is 0.261 e. The topological polar surface area (TPSA) is 75.7 Å². The van der Waals surface area contributed by atoms with Gasteiger partial charge in [-0.1, -0.05) is 19.9 Å². The summed E-state index contributed by atoms with van der Waals surface area (Å²) in [5.41, 5.74) is 1.54. The van der Waals surface area contributed by atoms with E-state index < -0.39 is 0 Å². The van der Waals surface area contributed by atoms with Gasteiger partial charge in [-0.25, -0.2) is 0 Å². The van der Waals surface area contributed by atoms with Gasteiger partial charge in [0, 0.05) is 23.9 Å². The fourth-order valence-corrected chi connectivity index (χ4v) is 2.93. The van der Waals surface area contributed by atoms with Crippen molar-refractivity contribution in [3.05, 3.63) is 59.2 Å². The van der Waals surface area contributed by atoms with E-state index in [-0.39, 0.29) is 23.3 Å². The average molecular weight is 366 g/mol. The Morgan fingerprint density at radius 1 is 1.07 bits per heavy atom. The molecule has 1 aliphatic rings. The Bertz CT molecular complexity index is 905. The Morgan fingerprint density at radius 3 is 2.52 bits per heavy atom. The highest BCUT2D eigenvalue weighted by Gasteiger charge is 2.35. The second-order valence-electron chi connectivity index (χ2n) is 6.89. The normalized spacial score (nSPS) is 13.1. The van der Waals surface area contributed by atoms with Crippen molar-refractivity contribution in [2.45, 2.75) is 20.3 Å². The highest BCUT2D eigenvalue weighted by Crippen LogP contribution is 2.25. The van der Waals surface area contributed by atoms with Crippen LogP contribution < -0.4 is 10.1 Å². The Kier molecular flexibility index (Phi) is 5.26. The number of nitrogens with zero attached hydrogens (tertiary/aromatic N) is 1. The maximum absolute atomic E-state index is 12.6. The summed E-state index contributed by atoms with van der Waals surface area (Å²) in [6, 6.07) is 11.6. The first-order valence-corrected chi connectivity index (χ1v) is 8.86. The number of ether oxygens (including phenoxy) is 1. The lowest BCUT2D eigenvalue weighted by molar-refractivity contribution is 0.0647. The number of nitrogens with one attached hydrogen (secondary N) is 1. The first-order valence-electron chi connectivity index (χ1n) is 8.86. The van der Waals surface area contributed by atoms with Crippen molar-refractivity contribution >= 4 is 23.4 Å². The Morgan fingerprint density at radius 2 is 1.81 bits per heavy atom.